The van der Waals surface area contributed by atoms with Crippen molar-refractivity contribution in [1.29, 1.82) is 0 Å². The Morgan fingerprint density at radius 2 is 1.27 bits per heavy atom. The van der Waals surface area contributed by atoms with Crippen molar-refractivity contribution in [2.24, 2.45) is 10.8 Å². The number of hydrogen-bond donors (Lipinski definition) is 0. The molecule has 0 saturated heterocycles. The Morgan fingerprint density at radius 3 is 1.60 bits per heavy atom. The first-order valence-corrected chi connectivity index (χ1v) is 9.96. The zero-order chi connectivity index (χ0) is 22.9. The maximum absolute atomic E-state index is 13.3. The van der Waals surface area contributed by atoms with Crippen LogP contribution in [0.1, 0.15) is 41.0 Å². The SMILES string of the molecule is C=CC1=CC(C(=O)OCC)(C(=O)OCC)C(C(=O)OCC)(C(=O)OCC)C/C1=C\C. The van der Waals surface area contributed by atoms with Crippen molar-refractivity contribution in [2.75, 3.05) is 26.4 Å². The Hall–Kier alpha value is -2.90. The number of ether oxygens (including phenoxy) is 4. The summed E-state index contributed by atoms with van der Waals surface area (Å²) in [4.78, 5) is 53.2. The van der Waals surface area contributed by atoms with Gasteiger partial charge in [0.2, 0.25) is 5.41 Å². The zero-order valence-electron chi connectivity index (χ0n) is 18.2. The molecule has 0 N–H and O–H groups in total. The van der Waals surface area contributed by atoms with Gasteiger partial charge in [0.25, 0.3) is 0 Å². The van der Waals surface area contributed by atoms with Gasteiger partial charge in [-0.15, -0.1) is 0 Å². The van der Waals surface area contributed by atoms with E-state index in [9.17, 15) is 19.2 Å². The number of rotatable bonds is 9. The average Bonchev–Trinajstić information content (AvgIpc) is 2.72. The van der Waals surface area contributed by atoms with Crippen molar-refractivity contribution in [1.82, 2.24) is 0 Å². The van der Waals surface area contributed by atoms with Gasteiger partial charge in [-0.2, -0.15) is 0 Å². The van der Waals surface area contributed by atoms with E-state index in [0.29, 0.717) is 11.1 Å². The molecule has 1 aliphatic rings. The molecular weight excluding hydrogens is 392 g/mol. The molecule has 0 atom stereocenters. The topological polar surface area (TPSA) is 105 Å². The predicted octanol–water partition coefficient (Wildman–Crippen LogP) is 2.67. The normalized spacial score (nSPS) is 18.0. The maximum atomic E-state index is 13.3. The van der Waals surface area contributed by atoms with Crippen LogP contribution in [0.3, 0.4) is 0 Å². The van der Waals surface area contributed by atoms with E-state index >= 15 is 0 Å². The van der Waals surface area contributed by atoms with E-state index in [1.54, 1.807) is 40.7 Å². The van der Waals surface area contributed by atoms with Crippen LogP contribution in [0.5, 0.6) is 0 Å². The van der Waals surface area contributed by atoms with Crippen LogP contribution in [-0.4, -0.2) is 50.3 Å². The average molecular weight is 422 g/mol. The van der Waals surface area contributed by atoms with Crippen LogP contribution >= 0.6 is 0 Å². The van der Waals surface area contributed by atoms with Gasteiger partial charge >= 0.3 is 23.9 Å². The van der Waals surface area contributed by atoms with Gasteiger partial charge in [-0.1, -0.05) is 18.7 Å². The molecule has 8 nitrogen and oxygen atoms in total. The lowest BCUT2D eigenvalue weighted by molar-refractivity contribution is -0.199. The summed E-state index contributed by atoms with van der Waals surface area (Å²) in [6.45, 7) is 11.3. The lowest BCUT2D eigenvalue weighted by Gasteiger charge is -2.44. The van der Waals surface area contributed by atoms with Crippen LogP contribution < -0.4 is 0 Å². The molecular formula is C22H30O8. The Kier molecular flexibility index (Phi) is 9.01. The molecule has 0 bridgehead atoms. The first-order chi connectivity index (χ1) is 14.3. The van der Waals surface area contributed by atoms with E-state index in [0.717, 1.165) is 0 Å². The van der Waals surface area contributed by atoms with Gasteiger partial charge < -0.3 is 18.9 Å². The van der Waals surface area contributed by atoms with E-state index in [4.69, 9.17) is 18.9 Å². The number of esters is 4. The van der Waals surface area contributed by atoms with E-state index in [1.165, 1.54) is 12.2 Å². The minimum Gasteiger partial charge on any atom is -0.465 e. The van der Waals surface area contributed by atoms with E-state index in [1.807, 2.05) is 0 Å². The first kappa shape index (κ1) is 25.1. The second-order valence-electron chi connectivity index (χ2n) is 6.39. The summed E-state index contributed by atoms with van der Waals surface area (Å²) < 4.78 is 20.7. The highest BCUT2D eigenvalue weighted by molar-refractivity contribution is 6.17. The van der Waals surface area contributed by atoms with Gasteiger partial charge in [-0.05, 0) is 51.8 Å². The highest BCUT2D eigenvalue weighted by atomic mass is 16.6. The van der Waals surface area contributed by atoms with Crippen molar-refractivity contribution in [3.63, 3.8) is 0 Å². The Bertz CT molecular complexity index is 723. The van der Waals surface area contributed by atoms with Crippen LogP contribution in [0.4, 0.5) is 0 Å². The van der Waals surface area contributed by atoms with E-state index in [2.05, 4.69) is 6.58 Å². The van der Waals surface area contributed by atoms with Crippen LogP contribution in [0.25, 0.3) is 0 Å². The summed E-state index contributed by atoms with van der Waals surface area (Å²) in [5.41, 5.74) is -3.86. The second kappa shape index (κ2) is 10.8. The summed E-state index contributed by atoms with van der Waals surface area (Å²) in [7, 11) is 0. The van der Waals surface area contributed by atoms with Gasteiger partial charge in [0.1, 0.15) is 0 Å². The van der Waals surface area contributed by atoms with Crippen molar-refractivity contribution < 1.29 is 38.1 Å². The molecule has 1 aliphatic carbocycles. The third-order valence-corrected chi connectivity index (χ3v) is 4.88. The van der Waals surface area contributed by atoms with Gasteiger partial charge in [-0.3, -0.25) is 19.2 Å². The molecule has 0 aliphatic heterocycles. The number of carbonyl (C=O) groups excluding carboxylic acids is 4. The van der Waals surface area contributed by atoms with Crippen molar-refractivity contribution in [2.45, 2.75) is 41.0 Å². The third kappa shape index (κ3) is 4.04. The molecule has 0 fully saturated rings. The molecule has 30 heavy (non-hydrogen) atoms. The molecule has 0 spiro atoms. The molecule has 0 saturated carbocycles. The standard InChI is InChI=1S/C22H30O8/c1-7-15-13-21(17(23)27-9-3,18(24)28-10-4)22(14-16(15)8-2,19(25)29-11-5)20(26)30-12-6/h7-8,13H,1,9-12,14H2,2-6H3/b16-8+. The molecule has 8 heteroatoms. The Balaban J connectivity index is 4.14. The van der Waals surface area contributed by atoms with Crippen molar-refractivity contribution in [3.8, 4) is 0 Å². The minimum atomic E-state index is -2.44. The first-order valence-electron chi connectivity index (χ1n) is 9.96. The molecule has 0 aromatic heterocycles. The number of carbonyl (C=O) groups is 4. The predicted molar refractivity (Wildman–Crippen MR) is 108 cm³/mol. The van der Waals surface area contributed by atoms with Crippen LogP contribution in [-0.2, 0) is 38.1 Å². The summed E-state index contributed by atoms with van der Waals surface area (Å²) in [6, 6.07) is 0. The molecule has 0 radical (unpaired) electrons. The lowest BCUT2D eigenvalue weighted by Crippen LogP contribution is -2.63. The fraction of sp³-hybridized carbons (Fsp3) is 0.545. The van der Waals surface area contributed by atoms with Gasteiger partial charge in [-0.25, -0.2) is 0 Å². The van der Waals surface area contributed by atoms with E-state index < -0.39 is 34.7 Å². The van der Waals surface area contributed by atoms with Crippen molar-refractivity contribution in [3.05, 3.63) is 36.0 Å². The molecule has 0 aromatic carbocycles. The van der Waals surface area contributed by atoms with Crippen LogP contribution in [0.15, 0.2) is 36.0 Å². The molecule has 0 heterocycles. The van der Waals surface area contributed by atoms with Gasteiger partial charge in [0.05, 0.1) is 26.4 Å². The molecule has 0 unspecified atom stereocenters. The monoisotopic (exact) mass is 422 g/mol. The van der Waals surface area contributed by atoms with Crippen LogP contribution in [0, 0.1) is 10.8 Å². The molecule has 0 aromatic rings. The third-order valence-electron chi connectivity index (χ3n) is 4.88. The Labute approximate surface area is 176 Å². The van der Waals surface area contributed by atoms with Gasteiger partial charge in [0, 0.05) is 6.42 Å². The summed E-state index contributed by atoms with van der Waals surface area (Å²) >= 11 is 0. The summed E-state index contributed by atoms with van der Waals surface area (Å²) in [5, 5.41) is 0. The number of allylic oxidation sites excluding steroid dienone is 4. The molecule has 1 rings (SSSR count). The van der Waals surface area contributed by atoms with Gasteiger partial charge in [0.15, 0.2) is 5.41 Å². The smallest absolute Gasteiger partial charge is 0.329 e. The largest absolute Gasteiger partial charge is 0.465 e. The summed E-state index contributed by atoms with van der Waals surface area (Å²) in [6.07, 6.45) is 3.99. The molecule has 0 amide bonds. The maximum Gasteiger partial charge on any atom is 0.329 e. The fourth-order valence-corrected chi connectivity index (χ4v) is 3.53. The fourth-order valence-electron chi connectivity index (χ4n) is 3.53. The summed E-state index contributed by atoms with van der Waals surface area (Å²) in [5.74, 6) is -4.33. The second-order valence-corrected chi connectivity index (χ2v) is 6.39. The highest BCUT2D eigenvalue weighted by Crippen LogP contribution is 2.54. The quantitative estimate of drug-likeness (QED) is 0.317. The van der Waals surface area contributed by atoms with E-state index in [-0.39, 0.29) is 32.8 Å². The molecule has 166 valence electrons. The number of hydrogen-bond acceptors (Lipinski definition) is 8. The zero-order valence-corrected chi connectivity index (χ0v) is 18.2. The van der Waals surface area contributed by atoms with Crippen molar-refractivity contribution >= 4 is 23.9 Å². The minimum absolute atomic E-state index is 0.0785. The lowest BCUT2D eigenvalue weighted by atomic mass is 9.55. The Morgan fingerprint density at radius 1 is 0.867 bits per heavy atom. The highest BCUT2D eigenvalue weighted by Gasteiger charge is 2.73. The van der Waals surface area contributed by atoms with Crippen LogP contribution in [0.2, 0.25) is 0 Å².